The molecule has 2 aromatic carbocycles. The first-order valence-electron chi connectivity index (χ1n) is 9.35. The molecule has 6 heteroatoms. The summed E-state index contributed by atoms with van der Waals surface area (Å²) in [6.07, 6.45) is 0.784. The second-order valence-corrected chi connectivity index (χ2v) is 7.93. The Bertz CT molecular complexity index is 824. The molecule has 0 saturated heterocycles. The average Bonchev–Trinajstić information content (AvgIpc) is 2.64. The highest BCUT2D eigenvalue weighted by Crippen LogP contribution is 2.19. The van der Waals surface area contributed by atoms with E-state index in [1.54, 1.807) is 17.9 Å². The fourth-order valence-electron chi connectivity index (χ4n) is 2.91. The summed E-state index contributed by atoms with van der Waals surface area (Å²) in [5.74, 6) is -0.283. The topological polar surface area (TPSA) is 49.4 Å². The van der Waals surface area contributed by atoms with Crippen LogP contribution in [0.3, 0.4) is 0 Å². The minimum absolute atomic E-state index is 0.00111. The van der Waals surface area contributed by atoms with Gasteiger partial charge in [0, 0.05) is 29.1 Å². The molecule has 2 amide bonds. The summed E-state index contributed by atoms with van der Waals surface area (Å²) in [6, 6.07) is 14.2. The van der Waals surface area contributed by atoms with Crippen molar-refractivity contribution in [3.63, 3.8) is 0 Å². The van der Waals surface area contributed by atoms with Crippen LogP contribution in [0.5, 0.6) is 0 Å². The van der Waals surface area contributed by atoms with E-state index in [0.717, 1.165) is 11.1 Å². The van der Waals surface area contributed by atoms with Crippen molar-refractivity contribution < 1.29 is 9.59 Å². The minimum atomic E-state index is -0.597. The number of nitrogens with one attached hydrogen (secondary N) is 1. The summed E-state index contributed by atoms with van der Waals surface area (Å²) in [5.41, 5.74) is 1.79. The Kier molecular flexibility index (Phi) is 8.34. The van der Waals surface area contributed by atoms with Crippen molar-refractivity contribution >= 4 is 35.0 Å². The first-order chi connectivity index (χ1) is 13.3. The van der Waals surface area contributed by atoms with Gasteiger partial charge in [-0.1, -0.05) is 53.5 Å². The zero-order valence-corrected chi connectivity index (χ0v) is 17.9. The average molecular weight is 421 g/mol. The van der Waals surface area contributed by atoms with Gasteiger partial charge in [-0.3, -0.25) is 9.59 Å². The molecule has 0 spiro atoms. The van der Waals surface area contributed by atoms with E-state index in [-0.39, 0.29) is 24.3 Å². The molecule has 1 atom stereocenters. The number of halogens is 2. The van der Waals surface area contributed by atoms with Gasteiger partial charge in [-0.25, -0.2) is 0 Å². The summed E-state index contributed by atoms with van der Waals surface area (Å²) < 4.78 is 0. The maximum absolute atomic E-state index is 13.0. The number of amides is 2. The van der Waals surface area contributed by atoms with Gasteiger partial charge in [-0.2, -0.15) is 0 Å². The Morgan fingerprint density at radius 1 is 1.04 bits per heavy atom. The van der Waals surface area contributed by atoms with Crippen molar-refractivity contribution in [3.8, 4) is 0 Å². The molecule has 0 saturated carbocycles. The quantitative estimate of drug-likeness (QED) is 0.661. The molecule has 0 radical (unpaired) electrons. The van der Waals surface area contributed by atoms with Gasteiger partial charge in [0.05, 0.1) is 0 Å². The van der Waals surface area contributed by atoms with E-state index in [4.69, 9.17) is 23.2 Å². The van der Waals surface area contributed by atoms with Gasteiger partial charge in [0.15, 0.2) is 0 Å². The van der Waals surface area contributed by atoms with Gasteiger partial charge in [-0.15, -0.1) is 0 Å². The number of benzene rings is 2. The van der Waals surface area contributed by atoms with Crippen molar-refractivity contribution in [3.05, 3.63) is 69.7 Å². The first kappa shape index (κ1) is 22.3. The molecule has 0 aliphatic heterocycles. The van der Waals surface area contributed by atoms with E-state index in [2.05, 4.69) is 5.32 Å². The predicted molar refractivity (Wildman–Crippen MR) is 115 cm³/mol. The van der Waals surface area contributed by atoms with Crippen LogP contribution in [0.2, 0.25) is 10.0 Å². The lowest BCUT2D eigenvalue weighted by Crippen LogP contribution is -2.49. The van der Waals surface area contributed by atoms with Gasteiger partial charge in [-0.05, 0) is 56.5 Å². The second-order valence-electron chi connectivity index (χ2n) is 7.08. The monoisotopic (exact) mass is 420 g/mol. The van der Waals surface area contributed by atoms with Gasteiger partial charge in [0.1, 0.15) is 6.04 Å². The van der Waals surface area contributed by atoms with Crippen LogP contribution in [-0.4, -0.2) is 28.8 Å². The molecule has 0 heterocycles. The lowest BCUT2D eigenvalue weighted by Gasteiger charge is -2.29. The van der Waals surface area contributed by atoms with E-state index in [9.17, 15) is 9.59 Å². The zero-order valence-electron chi connectivity index (χ0n) is 16.4. The third kappa shape index (κ3) is 6.54. The van der Waals surface area contributed by atoms with Crippen LogP contribution in [0, 0.1) is 0 Å². The van der Waals surface area contributed by atoms with Crippen LogP contribution in [0.1, 0.15) is 38.3 Å². The van der Waals surface area contributed by atoms with Crippen LogP contribution in [0.15, 0.2) is 48.5 Å². The molecule has 0 aliphatic carbocycles. The first-order valence-corrected chi connectivity index (χ1v) is 10.1. The standard InChI is InChI=1S/C22H26Cl2N2O2/c1-15(2)25-22(28)16(3)26(14-17-7-6-9-19(23)13-17)21(27)12-11-18-8-4-5-10-20(18)24/h4-10,13,15-16H,11-12,14H2,1-3H3,(H,25,28). The van der Waals surface area contributed by atoms with E-state index in [0.29, 0.717) is 23.0 Å². The van der Waals surface area contributed by atoms with Crippen molar-refractivity contribution in [1.82, 2.24) is 10.2 Å². The molecular formula is C22H26Cl2N2O2. The zero-order chi connectivity index (χ0) is 20.7. The summed E-state index contributed by atoms with van der Waals surface area (Å²) in [7, 11) is 0. The number of hydrogen-bond acceptors (Lipinski definition) is 2. The summed E-state index contributed by atoms with van der Waals surface area (Å²) in [6.45, 7) is 5.85. The van der Waals surface area contributed by atoms with E-state index in [1.807, 2.05) is 56.3 Å². The number of carbonyl (C=O) groups excluding carboxylic acids is 2. The number of aryl methyl sites for hydroxylation is 1. The van der Waals surface area contributed by atoms with Crippen molar-refractivity contribution in [1.29, 1.82) is 0 Å². The van der Waals surface area contributed by atoms with Crippen LogP contribution in [-0.2, 0) is 22.6 Å². The number of carbonyl (C=O) groups is 2. The maximum Gasteiger partial charge on any atom is 0.242 e. The Hall–Kier alpha value is -2.04. The molecule has 0 aromatic heterocycles. The SMILES string of the molecule is CC(C)NC(=O)C(C)N(Cc1cccc(Cl)c1)C(=O)CCc1ccccc1Cl. The Balaban J connectivity index is 2.17. The lowest BCUT2D eigenvalue weighted by atomic mass is 10.1. The molecule has 4 nitrogen and oxygen atoms in total. The summed E-state index contributed by atoms with van der Waals surface area (Å²) in [5, 5.41) is 4.12. The number of rotatable bonds is 8. The molecule has 1 unspecified atom stereocenters. The third-order valence-corrected chi connectivity index (χ3v) is 5.01. The molecule has 1 N–H and O–H groups in total. The molecule has 0 fully saturated rings. The molecule has 0 bridgehead atoms. The van der Waals surface area contributed by atoms with E-state index >= 15 is 0 Å². The maximum atomic E-state index is 13.0. The highest BCUT2D eigenvalue weighted by Gasteiger charge is 2.26. The normalized spacial score (nSPS) is 11.9. The Labute approximate surface area is 176 Å². The smallest absolute Gasteiger partial charge is 0.242 e. The van der Waals surface area contributed by atoms with Crippen molar-refractivity contribution in [2.75, 3.05) is 0 Å². The summed E-state index contributed by atoms with van der Waals surface area (Å²) in [4.78, 5) is 27.1. The highest BCUT2D eigenvalue weighted by atomic mass is 35.5. The molecule has 28 heavy (non-hydrogen) atoms. The molecule has 150 valence electrons. The minimum Gasteiger partial charge on any atom is -0.352 e. The molecule has 0 aliphatic rings. The van der Waals surface area contributed by atoms with Gasteiger partial charge < -0.3 is 10.2 Å². The molecule has 2 aromatic rings. The van der Waals surface area contributed by atoms with E-state index in [1.165, 1.54) is 0 Å². The van der Waals surface area contributed by atoms with Crippen LogP contribution >= 0.6 is 23.2 Å². The van der Waals surface area contributed by atoms with Crippen LogP contribution < -0.4 is 5.32 Å². The van der Waals surface area contributed by atoms with Crippen molar-refractivity contribution in [2.24, 2.45) is 0 Å². The summed E-state index contributed by atoms with van der Waals surface area (Å²) >= 11 is 12.3. The van der Waals surface area contributed by atoms with Crippen LogP contribution in [0.4, 0.5) is 0 Å². The fourth-order valence-corrected chi connectivity index (χ4v) is 3.35. The van der Waals surface area contributed by atoms with Crippen LogP contribution in [0.25, 0.3) is 0 Å². The lowest BCUT2D eigenvalue weighted by molar-refractivity contribution is -0.140. The fraction of sp³-hybridized carbons (Fsp3) is 0.364. The largest absolute Gasteiger partial charge is 0.352 e. The Morgan fingerprint density at radius 2 is 1.75 bits per heavy atom. The third-order valence-electron chi connectivity index (χ3n) is 4.41. The number of hydrogen-bond donors (Lipinski definition) is 1. The molecular weight excluding hydrogens is 395 g/mol. The van der Waals surface area contributed by atoms with Gasteiger partial charge in [0.2, 0.25) is 11.8 Å². The Morgan fingerprint density at radius 3 is 2.39 bits per heavy atom. The predicted octanol–water partition coefficient (Wildman–Crippen LogP) is 4.87. The second kappa shape index (κ2) is 10.5. The van der Waals surface area contributed by atoms with Gasteiger partial charge in [0.25, 0.3) is 0 Å². The highest BCUT2D eigenvalue weighted by molar-refractivity contribution is 6.31. The van der Waals surface area contributed by atoms with Crippen molar-refractivity contribution in [2.45, 2.75) is 52.2 Å². The van der Waals surface area contributed by atoms with Gasteiger partial charge >= 0.3 is 0 Å². The van der Waals surface area contributed by atoms with E-state index < -0.39 is 6.04 Å². The number of nitrogens with zero attached hydrogens (tertiary/aromatic N) is 1. The molecule has 2 rings (SSSR count).